The predicted molar refractivity (Wildman–Crippen MR) is 129 cm³/mol. The summed E-state index contributed by atoms with van der Waals surface area (Å²) in [6, 6.07) is 11.0. The average molecular weight is 490 g/mol. The van der Waals surface area contributed by atoms with Crippen molar-refractivity contribution in [3.8, 4) is 0 Å². The number of hydrogen-bond donors (Lipinski definition) is 1. The van der Waals surface area contributed by atoms with Gasteiger partial charge in [0.05, 0.1) is 14.9 Å². The minimum absolute atomic E-state index is 0.0354. The molecule has 9 heteroatoms. The number of thiophene rings is 2. The van der Waals surface area contributed by atoms with E-state index in [0.717, 1.165) is 16.6 Å². The van der Waals surface area contributed by atoms with Crippen molar-refractivity contribution in [3.05, 3.63) is 72.7 Å². The highest BCUT2D eigenvalue weighted by molar-refractivity contribution is 7.20. The van der Waals surface area contributed by atoms with Crippen molar-refractivity contribution in [2.75, 3.05) is 31.1 Å². The van der Waals surface area contributed by atoms with E-state index in [1.807, 2.05) is 46.7 Å². The van der Waals surface area contributed by atoms with Gasteiger partial charge in [-0.2, -0.15) is 0 Å². The van der Waals surface area contributed by atoms with Gasteiger partial charge in [0, 0.05) is 54.4 Å². The fourth-order valence-electron chi connectivity index (χ4n) is 3.86. The Balaban J connectivity index is 1.35. The molecule has 0 bridgehead atoms. The Bertz CT molecular complexity index is 1270. The van der Waals surface area contributed by atoms with Gasteiger partial charge < -0.3 is 14.8 Å². The molecule has 158 valence electrons. The lowest BCUT2D eigenvalue weighted by molar-refractivity contribution is 0.0746. The van der Waals surface area contributed by atoms with Crippen molar-refractivity contribution in [3.63, 3.8) is 0 Å². The number of rotatable bonds is 4. The lowest BCUT2D eigenvalue weighted by atomic mass is 10.0. The largest absolute Gasteiger partial charge is 0.366 e. The Labute approximate surface area is 196 Å². The van der Waals surface area contributed by atoms with Crippen molar-refractivity contribution in [1.82, 2.24) is 9.88 Å². The molecular weight excluding hydrogens is 473 g/mol. The van der Waals surface area contributed by atoms with Gasteiger partial charge in [0.2, 0.25) is 5.78 Å². The number of hydrogen-bond acceptors (Lipinski definition) is 5. The van der Waals surface area contributed by atoms with Crippen LogP contribution in [0.15, 0.2) is 48.0 Å². The third-order valence-electron chi connectivity index (χ3n) is 5.46. The summed E-state index contributed by atoms with van der Waals surface area (Å²) in [6.45, 7) is 2.56. The standard InChI is InChI=1S/C22H17Cl2N3O2S2/c23-19-11-17(21(24)31-19)26-5-7-27(8-6-26)22(29)13-3-4-16-14(10-13)15(12-25-16)20(28)18-2-1-9-30-18/h1-4,9-12,25H,5-8H2. The average Bonchev–Trinajstić information content (AvgIpc) is 3.52. The molecule has 0 spiro atoms. The fourth-order valence-corrected chi connectivity index (χ4v) is 6.05. The number of ketones is 1. The van der Waals surface area contributed by atoms with Crippen molar-refractivity contribution in [2.24, 2.45) is 0 Å². The lowest BCUT2D eigenvalue weighted by Crippen LogP contribution is -2.48. The van der Waals surface area contributed by atoms with E-state index in [1.54, 1.807) is 6.20 Å². The molecule has 0 saturated carbocycles. The van der Waals surface area contributed by atoms with Crippen LogP contribution in [0, 0.1) is 0 Å². The quantitative estimate of drug-likeness (QED) is 0.369. The number of carbonyl (C=O) groups excluding carboxylic acids is 2. The van der Waals surface area contributed by atoms with Gasteiger partial charge in [0.25, 0.3) is 5.91 Å². The van der Waals surface area contributed by atoms with E-state index in [4.69, 9.17) is 23.2 Å². The third kappa shape index (κ3) is 3.87. The first-order chi connectivity index (χ1) is 15.0. The molecule has 5 rings (SSSR count). The molecule has 0 aliphatic carbocycles. The molecule has 1 amide bonds. The molecule has 4 aromatic rings. The van der Waals surface area contributed by atoms with Gasteiger partial charge >= 0.3 is 0 Å². The zero-order valence-electron chi connectivity index (χ0n) is 16.2. The van der Waals surface area contributed by atoms with Gasteiger partial charge in [-0.1, -0.05) is 29.3 Å². The zero-order valence-corrected chi connectivity index (χ0v) is 19.4. The van der Waals surface area contributed by atoms with Crippen LogP contribution in [0.2, 0.25) is 8.67 Å². The van der Waals surface area contributed by atoms with E-state index in [9.17, 15) is 9.59 Å². The molecule has 0 radical (unpaired) electrons. The first-order valence-corrected chi connectivity index (χ1v) is 12.1. The zero-order chi connectivity index (χ0) is 21.5. The molecule has 1 saturated heterocycles. The SMILES string of the molecule is O=C(c1cccs1)c1c[nH]c2ccc(C(=O)N3CCN(c4cc(Cl)sc4Cl)CC3)cc12. The van der Waals surface area contributed by atoms with Gasteiger partial charge in [-0.05, 0) is 35.7 Å². The molecule has 3 aromatic heterocycles. The fraction of sp³-hybridized carbons (Fsp3) is 0.182. The maximum atomic E-state index is 13.2. The summed E-state index contributed by atoms with van der Waals surface area (Å²) in [6.07, 6.45) is 1.72. The summed E-state index contributed by atoms with van der Waals surface area (Å²) in [7, 11) is 0. The topological polar surface area (TPSA) is 56.4 Å². The molecule has 1 N–H and O–H groups in total. The number of amides is 1. The maximum Gasteiger partial charge on any atom is 0.253 e. The third-order valence-corrected chi connectivity index (χ3v) is 7.80. The summed E-state index contributed by atoms with van der Waals surface area (Å²) in [5.74, 6) is -0.0718. The van der Waals surface area contributed by atoms with E-state index in [1.165, 1.54) is 22.7 Å². The first-order valence-electron chi connectivity index (χ1n) is 9.69. The predicted octanol–water partition coefficient (Wildman–Crippen LogP) is 5.79. The monoisotopic (exact) mass is 489 g/mol. The summed E-state index contributed by atoms with van der Waals surface area (Å²) < 4.78 is 1.33. The van der Waals surface area contributed by atoms with Gasteiger partial charge in [-0.25, -0.2) is 0 Å². The van der Waals surface area contributed by atoms with Crippen LogP contribution in [0.5, 0.6) is 0 Å². The van der Waals surface area contributed by atoms with Crippen LogP contribution in [0.4, 0.5) is 5.69 Å². The Kier molecular flexibility index (Phi) is 5.52. The molecule has 5 nitrogen and oxygen atoms in total. The van der Waals surface area contributed by atoms with Crippen molar-refractivity contribution in [1.29, 1.82) is 0 Å². The van der Waals surface area contributed by atoms with E-state index < -0.39 is 0 Å². The highest BCUT2D eigenvalue weighted by atomic mass is 35.5. The van der Waals surface area contributed by atoms with Crippen LogP contribution in [-0.4, -0.2) is 47.8 Å². The maximum absolute atomic E-state index is 13.2. The molecule has 4 heterocycles. The van der Waals surface area contributed by atoms with Gasteiger partial charge in [0.1, 0.15) is 4.34 Å². The van der Waals surface area contributed by atoms with Crippen LogP contribution < -0.4 is 4.90 Å². The van der Waals surface area contributed by atoms with Crippen LogP contribution in [0.3, 0.4) is 0 Å². The van der Waals surface area contributed by atoms with E-state index in [-0.39, 0.29) is 11.7 Å². The van der Waals surface area contributed by atoms with Gasteiger partial charge in [-0.3, -0.25) is 9.59 Å². The number of carbonyl (C=O) groups is 2. The number of fused-ring (bicyclic) bond motifs is 1. The second-order valence-corrected chi connectivity index (χ2v) is 10.5. The van der Waals surface area contributed by atoms with Gasteiger partial charge in [0.15, 0.2) is 0 Å². The molecular formula is C22H17Cl2N3O2S2. The molecule has 1 aliphatic heterocycles. The van der Waals surface area contributed by atoms with Crippen molar-refractivity contribution < 1.29 is 9.59 Å². The number of piperazine rings is 1. The minimum atomic E-state index is -0.0363. The van der Waals surface area contributed by atoms with Crippen molar-refractivity contribution >= 4 is 74.2 Å². The summed E-state index contributed by atoms with van der Waals surface area (Å²) >= 11 is 15.1. The Morgan fingerprint density at radius 1 is 1.03 bits per heavy atom. The van der Waals surface area contributed by atoms with E-state index in [0.29, 0.717) is 50.9 Å². The molecule has 1 fully saturated rings. The number of halogens is 2. The van der Waals surface area contributed by atoms with Crippen LogP contribution in [-0.2, 0) is 0 Å². The molecule has 1 aromatic carbocycles. The molecule has 31 heavy (non-hydrogen) atoms. The van der Waals surface area contributed by atoms with Gasteiger partial charge in [-0.15, -0.1) is 22.7 Å². The molecule has 0 unspecified atom stereocenters. The number of benzene rings is 1. The highest BCUT2D eigenvalue weighted by Crippen LogP contribution is 2.38. The van der Waals surface area contributed by atoms with Crippen molar-refractivity contribution in [2.45, 2.75) is 0 Å². The number of aromatic nitrogens is 1. The first kappa shape index (κ1) is 20.6. The highest BCUT2D eigenvalue weighted by Gasteiger charge is 2.25. The second kappa shape index (κ2) is 8.31. The number of H-pyrrole nitrogens is 1. The van der Waals surface area contributed by atoms with E-state index in [2.05, 4.69) is 9.88 Å². The normalized spacial score (nSPS) is 14.4. The Morgan fingerprint density at radius 2 is 1.84 bits per heavy atom. The van der Waals surface area contributed by atoms with Crippen LogP contribution in [0.25, 0.3) is 10.9 Å². The summed E-state index contributed by atoms with van der Waals surface area (Å²) in [5, 5.41) is 2.65. The Hall–Kier alpha value is -2.32. The Morgan fingerprint density at radius 3 is 2.52 bits per heavy atom. The lowest BCUT2D eigenvalue weighted by Gasteiger charge is -2.35. The number of nitrogens with zero attached hydrogens (tertiary/aromatic N) is 2. The van der Waals surface area contributed by atoms with Crippen LogP contribution >= 0.6 is 45.9 Å². The number of anilines is 1. The number of nitrogens with one attached hydrogen (secondary N) is 1. The second-order valence-electron chi connectivity index (χ2n) is 7.26. The van der Waals surface area contributed by atoms with Crippen LogP contribution in [0.1, 0.15) is 25.6 Å². The number of aromatic amines is 1. The minimum Gasteiger partial charge on any atom is -0.366 e. The smallest absolute Gasteiger partial charge is 0.253 e. The summed E-state index contributed by atoms with van der Waals surface area (Å²) in [5.41, 5.74) is 2.93. The van der Waals surface area contributed by atoms with E-state index >= 15 is 0 Å². The summed E-state index contributed by atoms with van der Waals surface area (Å²) in [4.78, 5) is 33.8. The molecule has 0 atom stereocenters. The molecule has 1 aliphatic rings.